The number of aliphatic hydroxyl groups excluding tert-OH is 1. The number of hydrogen-bond donors (Lipinski definition) is 2. The molecule has 1 rings (SSSR count). The second-order valence-electron chi connectivity index (χ2n) is 4.21. The molecule has 0 aromatic carbocycles. The van der Waals surface area contributed by atoms with Crippen LogP contribution in [0.2, 0.25) is 0 Å². The van der Waals surface area contributed by atoms with Gasteiger partial charge in [-0.15, -0.1) is 0 Å². The number of nitrogens with two attached hydrogens (primary N) is 1. The molecular formula is C11H23NOS. The summed E-state index contributed by atoms with van der Waals surface area (Å²) in [5.41, 5.74) is 6.07. The van der Waals surface area contributed by atoms with E-state index in [1.54, 1.807) is 0 Å². The van der Waals surface area contributed by atoms with Crippen LogP contribution in [0.3, 0.4) is 0 Å². The van der Waals surface area contributed by atoms with Gasteiger partial charge >= 0.3 is 0 Å². The van der Waals surface area contributed by atoms with Gasteiger partial charge in [0.05, 0.1) is 6.61 Å². The van der Waals surface area contributed by atoms with Crippen molar-refractivity contribution >= 4 is 11.8 Å². The normalized spacial score (nSPS) is 20.8. The summed E-state index contributed by atoms with van der Waals surface area (Å²) in [5.74, 6) is 1.85. The zero-order valence-corrected chi connectivity index (χ0v) is 9.93. The maximum absolute atomic E-state index is 9.23. The number of aliphatic hydroxyl groups is 1. The second kappa shape index (κ2) is 6.70. The Kier molecular flexibility index (Phi) is 5.90. The van der Waals surface area contributed by atoms with Crippen molar-refractivity contribution in [3.63, 3.8) is 0 Å². The fraction of sp³-hybridized carbons (Fsp3) is 1.00. The third kappa shape index (κ3) is 4.20. The average molecular weight is 217 g/mol. The van der Waals surface area contributed by atoms with E-state index >= 15 is 0 Å². The molecule has 0 spiro atoms. The molecule has 0 amide bonds. The van der Waals surface area contributed by atoms with E-state index in [2.05, 4.69) is 6.92 Å². The van der Waals surface area contributed by atoms with Crippen molar-refractivity contribution in [3.8, 4) is 0 Å². The summed E-state index contributed by atoms with van der Waals surface area (Å²) in [6, 6.07) is 0.228. The van der Waals surface area contributed by atoms with Gasteiger partial charge in [0.2, 0.25) is 0 Å². The van der Waals surface area contributed by atoms with Crippen LogP contribution < -0.4 is 5.73 Å². The van der Waals surface area contributed by atoms with E-state index in [1.807, 2.05) is 11.8 Å². The zero-order valence-electron chi connectivity index (χ0n) is 9.11. The Morgan fingerprint density at radius 3 is 2.64 bits per heavy atom. The largest absolute Gasteiger partial charge is 0.395 e. The SMILES string of the molecule is CCCCCSC(CO)C(N)C1CC1. The van der Waals surface area contributed by atoms with Gasteiger partial charge in [-0.25, -0.2) is 0 Å². The van der Waals surface area contributed by atoms with Gasteiger partial charge in [0.1, 0.15) is 0 Å². The van der Waals surface area contributed by atoms with E-state index in [9.17, 15) is 5.11 Å². The topological polar surface area (TPSA) is 46.2 Å². The Morgan fingerprint density at radius 1 is 1.43 bits per heavy atom. The van der Waals surface area contributed by atoms with Crippen LogP contribution >= 0.6 is 11.8 Å². The summed E-state index contributed by atoms with van der Waals surface area (Å²) in [7, 11) is 0. The van der Waals surface area contributed by atoms with Gasteiger partial charge in [-0.2, -0.15) is 11.8 Å². The molecule has 1 saturated carbocycles. The molecule has 0 bridgehead atoms. The fourth-order valence-corrected chi connectivity index (χ4v) is 2.88. The van der Waals surface area contributed by atoms with Gasteiger partial charge in [0.15, 0.2) is 0 Å². The number of thioether (sulfide) groups is 1. The van der Waals surface area contributed by atoms with E-state index in [4.69, 9.17) is 5.73 Å². The van der Waals surface area contributed by atoms with Gasteiger partial charge in [-0.3, -0.25) is 0 Å². The van der Waals surface area contributed by atoms with Crippen LogP contribution in [0.25, 0.3) is 0 Å². The zero-order chi connectivity index (χ0) is 10.4. The first-order valence-electron chi connectivity index (χ1n) is 5.77. The number of hydrogen-bond acceptors (Lipinski definition) is 3. The van der Waals surface area contributed by atoms with Gasteiger partial charge in [0, 0.05) is 11.3 Å². The van der Waals surface area contributed by atoms with Crippen molar-refractivity contribution < 1.29 is 5.11 Å². The van der Waals surface area contributed by atoms with Crippen LogP contribution in [0.4, 0.5) is 0 Å². The maximum Gasteiger partial charge on any atom is 0.0565 e. The average Bonchev–Trinajstić information content (AvgIpc) is 3.00. The highest BCUT2D eigenvalue weighted by Crippen LogP contribution is 2.35. The summed E-state index contributed by atoms with van der Waals surface area (Å²) in [6.45, 7) is 2.46. The Balaban J connectivity index is 2.10. The monoisotopic (exact) mass is 217 g/mol. The van der Waals surface area contributed by atoms with E-state index in [-0.39, 0.29) is 17.9 Å². The molecule has 0 saturated heterocycles. The quantitative estimate of drug-likeness (QED) is 0.611. The molecule has 0 heterocycles. The molecule has 3 N–H and O–H groups in total. The molecule has 2 atom stereocenters. The Morgan fingerprint density at radius 2 is 2.14 bits per heavy atom. The Hall–Kier alpha value is 0.270. The molecule has 1 aliphatic carbocycles. The predicted octanol–water partition coefficient (Wildman–Crippen LogP) is 2.01. The number of unbranched alkanes of at least 4 members (excludes halogenated alkanes) is 2. The first-order valence-corrected chi connectivity index (χ1v) is 6.82. The van der Waals surface area contributed by atoms with E-state index in [0.29, 0.717) is 5.92 Å². The molecule has 2 nitrogen and oxygen atoms in total. The minimum atomic E-state index is 0.228. The molecule has 0 aromatic heterocycles. The number of rotatable bonds is 8. The highest BCUT2D eigenvalue weighted by molar-refractivity contribution is 7.99. The van der Waals surface area contributed by atoms with Gasteiger partial charge in [-0.05, 0) is 30.9 Å². The molecule has 0 aliphatic heterocycles. The third-order valence-corrected chi connectivity index (χ3v) is 4.27. The van der Waals surface area contributed by atoms with E-state index in [0.717, 1.165) is 5.75 Å². The lowest BCUT2D eigenvalue weighted by atomic mass is 10.1. The lowest BCUT2D eigenvalue weighted by Crippen LogP contribution is -2.37. The second-order valence-corrected chi connectivity index (χ2v) is 5.56. The predicted molar refractivity (Wildman–Crippen MR) is 63.6 cm³/mol. The smallest absolute Gasteiger partial charge is 0.0565 e. The summed E-state index contributed by atoms with van der Waals surface area (Å²) in [5, 5.41) is 9.51. The maximum atomic E-state index is 9.23. The van der Waals surface area contributed by atoms with Crippen molar-refractivity contribution in [2.24, 2.45) is 11.7 Å². The van der Waals surface area contributed by atoms with Crippen LogP contribution in [0.5, 0.6) is 0 Å². The van der Waals surface area contributed by atoms with Crippen molar-refractivity contribution in [2.75, 3.05) is 12.4 Å². The highest BCUT2D eigenvalue weighted by atomic mass is 32.2. The standard InChI is InChI=1S/C11H23NOS/c1-2-3-4-7-14-10(8-13)11(12)9-5-6-9/h9-11,13H,2-8,12H2,1H3. The van der Waals surface area contributed by atoms with Crippen LogP contribution in [-0.2, 0) is 0 Å². The Bertz CT molecular complexity index is 150. The fourth-order valence-electron chi connectivity index (χ4n) is 1.66. The lowest BCUT2D eigenvalue weighted by molar-refractivity contribution is 0.277. The summed E-state index contributed by atoms with van der Waals surface area (Å²) >= 11 is 1.86. The van der Waals surface area contributed by atoms with E-state index in [1.165, 1.54) is 32.1 Å². The summed E-state index contributed by atoms with van der Waals surface area (Å²) in [4.78, 5) is 0. The molecule has 0 aromatic rings. The molecule has 3 heteroatoms. The molecule has 0 radical (unpaired) electrons. The van der Waals surface area contributed by atoms with Crippen LogP contribution in [-0.4, -0.2) is 28.8 Å². The molecule has 14 heavy (non-hydrogen) atoms. The molecule has 1 fully saturated rings. The van der Waals surface area contributed by atoms with Crippen LogP contribution in [0.1, 0.15) is 39.0 Å². The molecular weight excluding hydrogens is 194 g/mol. The third-order valence-electron chi connectivity index (χ3n) is 2.86. The van der Waals surface area contributed by atoms with E-state index < -0.39 is 0 Å². The minimum Gasteiger partial charge on any atom is -0.395 e. The first-order chi connectivity index (χ1) is 6.79. The van der Waals surface area contributed by atoms with Gasteiger partial charge < -0.3 is 10.8 Å². The van der Waals surface area contributed by atoms with Crippen LogP contribution in [0, 0.1) is 5.92 Å². The molecule has 1 aliphatic rings. The van der Waals surface area contributed by atoms with Crippen LogP contribution in [0.15, 0.2) is 0 Å². The minimum absolute atomic E-state index is 0.228. The first kappa shape index (κ1) is 12.3. The van der Waals surface area contributed by atoms with Crippen molar-refractivity contribution in [2.45, 2.75) is 50.3 Å². The highest BCUT2D eigenvalue weighted by Gasteiger charge is 2.33. The van der Waals surface area contributed by atoms with Crippen molar-refractivity contribution in [1.82, 2.24) is 0 Å². The molecule has 2 unspecified atom stereocenters. The van der Waals surface area contributed by atoms with Gasteiger partial charge in [0.25, 0.3) is 0 Å². The Labute approximate surface area is 91.6 Å². The molecule has 84 valence electrons. The summed E-state index contributed by atoms with van der Waals surface area (Å²) in [6.07, 6.45) is 6.36. The summed E-state index contributed by atoms with van der Waals surface area (Å²) < 4.78 is 0. The lowest BCUT2D eigenvalue weighted by Gasteiger charge is -2.21. The van der Waals surface area contributed by atoms with Crippen molar-refractivity contribution in [3.05, 3.63) is 0 Å². The van der Waals surface area contributed by atoms with Gasteiger partial charge in [-0.1, -0.05) is 19.8 Å². The van der Waals surface area contributed by atoms with Crippen molar-refractivity contribution in [1.29, 1.82) is 0 Å².